The number of aryl methyl sites for hydroxylation is 1. The molecule has 12 heavy (non-hydrogen) atoms. The molecule has 0 amide bonds. The van der Waals surface area contributed by atoms with Gasteiger partial charge in [-0.25, -0.2) is 9.59 Å². The Labute approximate surface area is 66.4 Å². The lowest BCUT2D eigenvalue weighted by Gasteiger charge is -1.94. The Morgan fingerprint density at radius 2 is 2.25 bits per heavy atom. The molecule has 1 heterocycles. The van der Waals surface area contributed by atoms with E-state index in [0.717, 1.165) is 0 Å². The molecule has 1 rings (SSSR count). The number of carboxylic acid groups (broad SMARTS) is 1. The smallest absolute Gasteiger partial charge is 0.450 e. The highest BCUT2D eigenvalue weighted by molar-refractivity contribution is 5.56. The van der Waals surface area contributed by atoms with Gasteiger partial charge in [0.05, 0.1) is 0 Å². The molecule has 1 N–H and O–H groups in total. The predicted octanol–water partition coefficient (Wildman–Crippen LogP) is 0.736. The van der Waals surface area contributed by atoms with Crippen LogP contribution in [0, 0.1) is 6.92 Å². The minimum absolute atomic E-state index is 0.0856. The van der Waals surface area contributed by atoms with Crippen molar-refractivity contribution in [2.24, 2.45) is 0 Å². The topological polar surface area (TPSA) is 89.9 Å². The molecule has 0 radical (unpaired) electrons. The van der Waals surface area contributed by atoms with E-state index in [1.54, 1.807) is 0 Å². The molecule has 6 heteroatoms. The van der Waals surface area contributed by atoms with Crippen molar-refractivity contribution in [1.29, 1.82) is 0 Å². The first-order valence-corrected chi connectivity index (χ1v) is 3.04. The number of hydrogen-bond acceptors (Lipinski definition) is 5. The number of hydrogen-bond donors (Lipinski definition) is 1. The van der Waals surface area contributed by atoms with Gasteiger partial charge in [0.2, 0.25) is 0 Å². The molecule has 0 aromatic carbocycles. The summed E-state index contributed by atoms with van der Waals surface area (Å²) in [7, 11) is 0. The van der Waals surface area contributed by atoms with Crippen LogP contribution in [0.2, 0.25) is 0 Å². The van der Waals surface area contributed by atoms with Crippen molar-refractivity contribution in [2.75, 3.05) is 0 Å². The Balaban J connectivity index is 2.69. The highest BCUT2D eigenvalue weighted by Gasteiger charge is 2.09. The zero-order valence-corrected chi connectivity index (χ0v) is 6.20. The van der Waals surface area contributed by atoms with Crippen molar-refractivity contribution in [1.82, 2.24) is 0 Å². The largest absolute Gasteiger partial charge is 0.519 e. The van der Waals surface area contributed by atoms with Gasteiger partial charge in [-0.3, -0.25) is 0 Å². The fourth-order valence-electron chi connectivity index (χ4n) is 0.634. The minimum Gasteiger partial charge on any atom is -0.450 e. The molecule has 0 unspecified atom stereocenters. The molecule has 0 aliphatic heterocycles. The summed E-state index contributed by atoms with van der Waals surface area (Å²) in [6.45, 7) is 1.17. The highest BCUT2D eigenvalue weighted by Crippen LogP contribution is 2.05. The van der Waals surface area contributed by atoms with Crippen LogP contribution in [0.1, 0.15) is 11.5 Å². The van der Waals surface area contributed by atoms with Crippen LogP contribution in [0.25, 0.3) is 0 Å². The lowest BCUT2D eigenvalue weighted by Crippen LogP contribution is -2.00. The fourth-order valence-corrected chi connectivity index (χ4v) is 0.634. The van der Waals surface area contributed by atoms with Crippen LogP contribution in [-0.2, 0) is 11.3 Å². The van der Waals surface area contributed by atoms with Crippen LogP contribution in [-0.4, -0.2) is 11.3 Å². The van der Waals surface area contributed by atoms with Gasteiger partial charge < -0.3 is 18.7 Å². The van der Waals surface area contributed by atoms with Crippen LogP contribution >= 0.6 is 0 Å². The van der Waals surface area contributed by atoms with Crippen molar-refractivity contribution < 1.29 is 23.5 Å². The van der Waals surface area contributed by atoms with E-state index in [1.165, 1.54) is 6.92 Å². The van der Waals surface area contributed by atoms with Gasteiger partial charge in [-0.15, -0.1) is 0 Å². The Morgan fingerprint density at radius 3 is 2.67 bits per heavy atom. The first kappa shape index (κ1) is 8.38. The molecular weight excluding hydrogens is 168 g/mol. The van der Waals surface area contributed by atoms with Crippen molar-refractivity contribution in [3.63, 3.8) is 0 Å². The summed E-state index contributed by atoms with van der Waals surface area (Å²) >= 11 is 0. The Bertz CT molecular complexity index is 332. The number of rotatable bonds is 2. The molecule has 0 aliphatic carbocycles. The van der Waals surface area contributed by atoms with E-state index in [9.17, 15) is 9.59 Å². The zero-order valence-electron chi connectivity index (χ0n) is 6.20. The molecule has 0 atom stereocenters. The SMILES string of the molecule is Cc1oc(=O)oc1COC(=O)O. The molecule has 0 aliphatic rings. The minimum atomic E-state index is -1.43. The molecule has 0 spiro atoms. The fraction of sp³-hybridized carbons (Fsp3) is 0.333. The van der Waals surface area contributed by atoms with Crippen LogP contribution < -0.4 is 5.82 Å². The highest BCUT2D eigenvalue weighted by atomic mass is 16.7. The Hall–Kier alpha value is -1.72. The van der Waals surface area contributed by atoms with Gasteiger partial charge >= 0.3 is 12.0 Å². The van der Waals surface area contributed by atoms with Gasteiger partial charge in [-0.2, -0.15) is 0 Å². The van der Waals surface area contributed by atoms with Gasteiger partial charge in [0.1, 0.15) is 0 Å². The van der Waals surface area contributed by atoms with Crippen molar-refractivity contribution in [3.05, 3.63) is 22.1 Å². The summed E-state index contributed by atoms with van der Waals surface area (Å²) in [5, 5.41) is 8.10. The summed E-state index contributed by atoms with van der Waals surface area (Å²) in [4.78, 5) is 20.3. The summed E-state index contributed by atoms with van der Waals surface area (Å²) in [5.41, 5.74) is 0. The van der Waals surface area contributed by atoms with Gasteiger partial charge in [-0.05, 0) is 6.92 Å². The quantitative estimate of drug-likeness (QED) is 0.665. The lowest BCUT2D eigenvalue weighted by atomic mass is 10.4. The van der Waals surface area contributed by atoms with Crippen LogP contribution in [0.15, 0.2) is 13.6 Å². The Kier molecular flexibility index (Phi) is 2.18. The van der Waals surface area contributed by atoms with Crippen molar-refractivity contribution in [3.8, 4) is 0 Å². The van der Waals surface area contributed by atoms with Gasteiger partial charge in [0.25, 0.3) is 0 Å². The summed E-state index contributed by atoms with van der Waals surface area (Å²) in [6.07, 6.45) is -1.43. The van der Waals surface area contributed by atoms with Gasteiger partial charge in [-0.1, -0.05) is 0 Å². The molecule has 66 valence electrons. The number of ether oxygens (including phenoxy) is 1. The predicted molar refractivity (Wildman–Crippen MR) is 34.8 cm³/mol. The molecule has 0 saturated heterocycles. The average molecular weight is 174 g/mol. The van der Waals surface area contributed by atoms with E-state index in [4.69, 9.17) is 5.11 Å². The first-order valence-electron chi connectivity index (χ1n) is 3.04. The normalized spacial score (nSPS) is 9.75. The molecule has 1 aromatic heterocycles. The van der Waals surface area contributed by atoms with Crippen molar-refractivity contribution >= 4 is 6.16 Å². The third-order valence-corrected chi connectivity index (χ3v) is 1.16. The van der Waals surface area contributed by atoms with Crippen LogP contribution in [0.4, 0.5) is 4.79 Å². The summed E-state index contributed by atoms with van der Waals surface area (Å²) in [6, 6.07) is 0. The molecule has 1 aromatic rings. The standard InChI is InChI=1S/C6H6O6/c1-3-4(2-10-5(7)8)12-6(9)11-3/h2H2,1H3,(H,7,8). The maximum absolute atomic E-state index is 10.4. The van der Waals surface area contributed by atoms with E-state index in [0.29, 0.717) is 0 Å². The van der Waals surface area contributed by atoms with Crippen LogP contribution in [0.5, 0.6) is 0 Å². The maximum Gasteiger partial charge on any atom is 0.519 e. The molecule has 0 bridgehead atoms. The maximum atomic E-state index is 10.4. The van der Waals surface area contributed by atoms with Gasteiger partial charge in [0, 0.05) is 0 Å². The molecule has 0 fully saturated rings. The second-order valence-corrected chi connectivity index (χ2v) is 1.99. The third kappa shape index (κ3) is 1.88. The third-order valence-electron chi connectivity index (χ3n) is 1.16. The monoisotopic (exact) mass is 174 g/mol. The second-order valence-electron chi connectivity index (χ2n) is 1.99. The summed E-state index contributed by atoms with van der Waals surface area (Å²) in [5.74, 6) is -0.555. The molecule has 6 nitrogen and oxygen atoms in total. The van der Waals surface area contributed by atoms with E-state index in [-0.39, 0.29) is 18.1 Å². The van der Waals surface area contributed by atoms with E-state index in [2.05, 4.69) is 13.6 Å². The van der Waals surface area contributed by atoms with E-state index >= 15 is 0 Å². The van der Waals surface area contributed by atoms with Gasteiger partial charge in [0.15, 0.2) is 18.1 Å². The Morgan fingerprint density at radius 1 is 1.58 bits per heavy atom. The number of carbonyl (C=O) groups is 1. The van der Waals surface area contributed by atoms with E-state index < -0.39 is 12.0 Å². The average Bonchev–Trinajstić information content (AvgIpc) is 2.26. The van der Waals surface area contributed by atoms with E-state index in [1.807, 2.05) is 0 Å². The molecular formula is C6H6O6. The van der Waals surface area contributed by atoms with Crippen LogP contribution in [0.3, 0.4) is 0 Å². The first-order chi connectivity index (χ1) is 5.59. The van der Waals surface area contributed by atoms with Crippen molar-refractivity contribution in [2.45, 2.75) is 13.5 Å². The molecule has 0 saturated carbocycles. The lowest BCUT2D eigenvalue weighted by molar-refractivity contribution is 0.0786. The second kappa shape index (κ2) is 3.12. The zero-order chi connectivity index (χ0) is 9.14. The summed E-state index contributed by atoms with van der Waals surface area (Å²) < 4.78 is 13.1.